The number of aromatic nitrogens is 4. The fourth-order valence-corrected chi connectivity index (χ4v) is 1.37. The van der Waals surface area contributed by atoms with Gasteiger partial charge in [0.25, 0.3) is 5.91 Å². The first-order chi connectivity index (χ1) is 8.20. The van der Waals surface area contributed by atoms with Gasteiger partial charge in [-0.25, -0.2) is 0 Å². The molecule has 0 aliphatic heterocycles. The summed E-state index contributed by atoms with van der Waals surface area (Å²) in [6.07, 6.45) is 3.17. The van der Waals surface area contributed by atoms with Crippen LogP contribution in [0.3, 0.4) is 0 Å². The average Bonchev–Trinajstić information content (AvgIpc) is 2.88. The lowest BCUT2D eigenvalue weighted by molar-refractivity contribution is 0.101. The minimum Gasteiger partial charge on any atom is -0.304 e. The van der Waals surface area contributed by atoms with E-state index in [1.807, 2.05) is 6.07 Å². The molecule has 0 saturated carbocycles. The molecule has 1 N–H and O–H groups in total. The first kappa shape index (κ1) is 10.9. The second kappa shape index (κ2) is 4.49. The zero-order valence-electron chi connectivity index (χ0n) is 9.16. The van der Waals surface area contributed by atoms with Crippen LogP contribution < -0.4 is 5.32 Å². The van der Waals surface area contributed by atoms with Gasteiger partial charge in [-0.05, 0) is 6.07 Å². The smallest absolute Gasteiger partial charge is 0.275 e. The molecule has 2 heterocycles. The summed E-state index contributed by atoms with van der Waals surface area (Å²) >= 11 is 0. The normalized spacial score (nSPS) is 9.88. The minimum atomic E-state index is -0.285. The maximum Gasteiger partial charge on any atom is 0.275 e. The van der Waals surface area contributed by atoms with Gasteiger partial charge in [-0.2, -0.15) is 15.5 Å². The Hall–Kier alpha value is -2.62. The highest BCUT2D eigenvalue weighted by molar-refractivity contribution is 6.02. The number of anilines is 1. The van der Waals surface area contributed by atoms with Gasteiger partial charge < -0.3 is 5.32 Å². The second-order valence-electron chi connectivity index (χ2n) is 3.35. The van der Waals surface area contributed by atoms with Crippen molar-refractivity contribution in [3.05, 3.63) is 30.2 Å². The quantitative estimate of drug-likeness (QED) is 0.826. The van der Waals surface area contributed by atoms with Gasteiger partial charge >= 0.3 is 0 Å². The van der Waals surface area contributed by atoms with Crippen LogP contribution in [0.25, 0.3) is 0 Å². The second-order valence-corrected chi connectivity index (χ2v) is 3.35. The number of nitrogens with one attached hydrogen (secondary N) is 1. The van der Waals surface area contributed by atoms with Crippen LogP contribution >= 0.6 is 0 Å². The summed E-state index contributed by atoms with van der Waals surface area (Å²) in [6, 6.07) is 5.20. The fourth-order valence-electron chi connectivity index (χ4n) is 1.37. The Morgan fingerprint density at radius 1 is 1.59 bits per heavy atom. The van der Waals surface area contributed by atoms with Gasteiger partial charge in [0, 0.05) is 25.5 Å². The molecule has 86 valence electrons. The number of carbonyl (C=O) groups excluding carboxylic acids is 1. The Morgan fingerprint density at radius 3 is 3.06 bits per heavy atom. The molecule has 0 bridgehead atoms. The van der Waals surface area contributed by atoms with E-state index in [-0.39, 0.29) is 12.5 Å². The summed E-state index contributed by atoms with van der Waals surface area (Å²) in [5.74, 6) is 0.124. The summed E-state index contributed by atoms with van der Waals surface area (Å²) in [7, 11) is 1.68. The molecular weight excluding hydrogens is 220 g/mol. The highest BCUT2D eigenvalue weighted by Crippen LogP contribution is 2.05. The molecule has 2 aromatic rings. The number of nitrogens with zero attached hydrogens (tertiary/aromatic N) is 5. The van der Waals surface area contributed by atoms with Crippen LogP contribution in [0, 0.1) is 11.3 Å². The predicted molar refractivity (Wildman–Crippen MR) is 59.0 cm³/mol. The first-order valence-corrected chi connectivity index (χ1v) is 4.90. The van der Waals surface area contributed by atoms with Gasteiger partial charge in [-0.3, -0.25) is 14.2 Å². The van der Waals surface area contributed by atoms with E-state index in [4.69, 9.17) is 5.26 Å². The summed E-state index contributed by atoms with van der Waals surface area (Å²) in [4.78, 5) is 11.8. The van der Waals surface area contributed by atoms with E-state index >= 15 is 0 Å². The Balaban J connectivity index is 2.08. The number of amides is 1. The van der Waals surface area contributed by atoms with Crippen LogP contribution in [-0.4, -0.2) is 25.5 Å². The summed E-state index contributed by atoms with van der Waals surface area (Å²) in [5, 5.41) is 19.0. The van der Waals surface area contributed by atoms with Crippen LogP contribution in [-0.2, 0) is 13.6 Å². The number of hydrogen-bond acceptors (Lipinski definition) is 4. The SMILES string of the molecule is Cn1nccc1C(=O)Nc1ccn(CC#N)n1. The van der Waals surface area contributed by atoms with E-state index in [1.54, 1.807) is 31.6 Å². The zero-order chi connectivity index (χ0) is 12.3. The average molecular weight is 230 g/mol. The Labute approximate surface area is 97.3 Å². The molecule has 0 aliphatic rings. The van der Waals surface area contributed by atoms with E-state index in [2.05, 4.69) is 15.5 Å². The van der Waals surface area contributed by atoms with Crippen LogP contribution in [0.2, 0.25) is 0 Å². The molecule has 0 radical (unpaired) electrons. The number of nitriles is 1. The van der Waals surface area contributed by atoms with Gasteiger partial charge in [0.1, 0.15) is 12.2 Å². The van der Waals surface area contributed by atoms with Gasteiger partial charge in [0.2, 0.25) is 0 Å². The molecule has 1 amide bonds. The van der Waals surface area contributed by atoms with Crippen molar-refractivity contribution in [2.75, 3.05) is 5.32 Å². The van der Waals surface area contributed by atoms with E-state index < -0.39 is 0 Å². The van der Waals surface area contributed by atoms with Crippen molar-refractivity contribution in [1.82, 2.24) is 19.6 Å². The van der Waals surface area contributed by atoms with Crippen molar-refractivity contribution in [3.63, 3.8) is 0 Å². The molecule has 0 aliphatic carbocycles. The Bertz CT molecular complexity index is 576. The highest BCUT2D eigenvalue weighted by atomic mass is 16.2. The largest absolute Gasteiger partial charge is 0.304 e. The summed E-state index contributed by atoms with van der Waals surface area (Å²) < 4.78 is 2.92. The van der Waals surface area contributed by atoms with E-state index in [9.17, 15) is 4.79 Å². The Kier molecular flexibility index (Phi) is 2.87. The molecule has 0 unspecified atom stereocenters. The minimum absolute atomic E-state index is 0.154. The standard InChI is InChI=1S/C10H10N6O/c1-15-8(2-5-12-15)10(17)13-9-3-6-16(14-9)7-4-11/h2-3,5-6H,7H2,1H3,(H,13,14,17). The third kappa shape index (κ3) is 2.31. The molecule has 0 fully saturated rings. The topological polar surface area (TPSA) is 88.5 Å². The van der Waals surface area contributed by atoms with E-state index in [0.717, 1.165) is 0 Å². The van der Waals surface area contributed by atoms with Gasteiger partial charge in [0.15, 0.2) is 5.82 Å². The van der Waals surface area contributed by atoms with Crippen molar-refractivity contribution >= 4 is 11.7 Å². The fraction of sp³-hybridized carbons (Fsp3) is 0.200. The van der Waals surface area contributed by atoms with Crippen molar-refractivity contribution in [2.45, 2.75) is 6.54 Å². The lowest BCUT2D eigenvalue weighted by Gasteiger charge is -2.01. The van der Waals surface area contributed by atoms with E-state index in [0.29, 0.717) is 11.5 Å². The number of carbonyl (C=O) groups is 1. The van der Waals surface area contributed by atoms with Crippen molar-refractivity contribution in [3.8, 4) is 6.07 Å². The molecule has 0 spiro atoms. The van der Waals surface area contributed by atoms with Gasteiger partial charge in [0.05, 0.1) is 6.07 Å². The van der Waals surface area contributed by atoms with E-state index in [1.165, 1.54) is 9.36 Å². The molecule has 7 nitrogen and oxygen atoms in total. The van der Waals surface area contributed by atoms with Crippen molar-refractivity contribution < 1.29 is 4.79 Å². The summed E-state index contributed by atoms with van der Waals surface area (Å²) in [5.41, 5.74) is 0.444. The molecule has 7 heteroatoms. The molecule has 2 rings (SSSR count). The van der Waals surface area contributed by atoms with Gasteiger partial charge in [-0.1, -0.05) is 0 Å². The predicted octanol–water partition coefficient (Wildman–Crippen LogP) is 0.392. The van der Waals surface area contributed by atoms with Crippen LogP contribution in [0.4, 0.5) is 5.82 Å². The molecular formula is C10H10N6O. The lowest BCUT2D eigenvalue weighted by Crippen LogP contribution is -2.16. The van der Waals surface area contributed by atoms with Crippen molar-refractivity contribution in [2.24, 2.45) is 7.05 Å². The maximum atomic E-state index is 11.8. The molecule has 17 heavy (non-hydrogen) atoms. The summed E-state index contributed by atoms with van der Waals surface area (Å²) in [6.45, 7) is 0.154. The molecule has 0 atom stereocenters. The van der Waals surface area contributed by atoms with Crippen LogP contribution in [0.5, 0.6) is 0 Å². The van der Waals surface area contributed by atoms with Crippen LogP contribution in [0.15, 0.2) is 24.5 Å². The Morgan fingerprint density at radius 2 is 2.41 bits per heavy atom. The highest BCUT2D eigenvalue weighted by Gasteiger charge is 2.11. The number of rotatable bonds is 3. The first-order valence-electron chi connectivity index (χ1n) is 4.90. The maximum absolute atomic E-state index is 11.8. The van der Waals surface area contributed by atoms with Gasteiger partial charge in [-0.15, -0.1) is 0 Å². The third-order valence-electron chi connectivity index (χ3n) is 2.17. The zero-order valence-corrected chi connectivity index (χ0v) is 9.16. The lowest BCUT2D eigenvalue weighted by atomic mass is 10.4. The third-order valence-corrected chi connectivity index (χ3v) is 2.17. The molecule has 0 saturated heterocycles. The molecule has 2 aromatic heterocycles. The van der Waals surface area contributed by atoms with Crippen LogP contribution in [0.1, 0.15) is 10.5 Å². The number of hydrogen-bond donors (Lipinski definition) is 1. The van der Waals surface area contributed by atoms with Crippen molar-refractivity contribution in [1.29, 1.82) is 5.26 Å². The number of aryl methyl sites for hydroxylation is 1. The molecule has 0 aromatic carbocycles. The monoisotopic (exact) mass is 230 g/mol.